The van der Waals surface area contributed by atoms with E-state index in [-0.39, 0.29) is 24.2 Å². The normalized spacial score (nSPS) is 19.2. The zero-order valence-corrected chi connectivity index (χ0v) is 9.81. The number of hydrogen-bond donors (Lipinski definition) is 2. The van der Waals surface area contributed by atoms with E-state index in [0.29, 0.717) is 0 Å². The number of carboxylic acid groups (broad SMARTS) is 1. The van der Waals surface area contributed by atoms with Gasteiger partial charge in [-0.2, -0.15) is 11.8 Å². The van der Waals surface area contributed by atoms with Gasteiger partial charge in [0.15, 0.2) is 5.69 Å². The summed E-state index contributed by atoms with van der Waals surface area (Å²) in [6.45, 7) is 0.00144. The van der Waals surface area contributed by atoms with E-state index >= 15 is 0 Å². The summed E-state index contributed by atoms with van der Waals surface area (Å²) in [7, 11) is 0. The average molecular weight is 256 g/mol. The van der Waals surface area contributed by atoms with Gasteiger partial charge in [0.1, 0.15) is 6.54 Å². The third-order valence-electron chi connectivity index (χ3n) is 2.36. The molecular weight excluding hydrogens is 244 g/mol. The number of aromatic carboxylic acids is 1. The van der Waals surface area contributed by atoms with Crippen LogP contribution in [-0.2, 0) is 11.3 Å². The van der Waals surface area contributed by atoms with Gasteiger partial charge in [0.05, 0.1) is 6.20 Å². The Morgan fingerprint density at radius 3 is 3.06 bits per heavy atom. The fourth-order valence-corrected chi connectivity index (χ4v) is 2.69. The predicted molar refractivity (Wildman–Crippen MR) is 60.9 cm³/mol. The van der Waals surface area contributed by atoms with Crippen LogP contribution in [0.2, 0.25) is 0 Å². The van der Waals surface area contributed by atoms with E-state index in [0.717, 1.165) is 17.9 Å². The van der Waals surface area contributed by atoms with Crippen molar-refractivity contribution in [2.45, 2.75) is 19.0 Å². The summed E-state index contributed by atoms with van der Waals surface area (Å²) in [6, 6.07) is 0.218. The fourth-order valence-electron chi connectivity index (χ4n) is 1.54. The van der Waals surface area contributed by atoms with Crippen LogP contribution in [0.4, 0.5) is 0 Å². The second-order valence-electron chi connectivity index (χ2n) is 3.73. The molecule has 2 heterocycles. The Morgan fingerprint density at radius 1 is 1.65 bits per heavy atom. The first kappa shape index (κ1) is 11.9. The molecular formula is C9H12N4O3S. The molecule has 0 aliphatic carbocycles. The lowest BCUT2D eigenvalue weighted by Gasteiger charge is -2.10. The molecule has 2 N–H and O–H groups in total. The highest BCUT2D eigenvalue weighted by molar-refractivity contribution is 7.99. The molecule has 7 nitrogen and oxygen atoms in total. The number of aromatic nitrogens is 3. The van der Waals surface area contributed by atoms with Gasteiger partial charge in [-0.25, -0.2) is 9.48 Å². The molecule has 8 heteroatoms. The smallest absolute Gasteiger partial charge is 0.358 e. The minimum Gasteiger partial charge on any atom is -0.476 e. The second kappa shape index (κ2) is 5.17. The Labute approximate surface area is 102 Å². The summed E-state index contributed by atoms with van der Waals surface area (Å²) in [5, 5.41) is 18.5. The van der Waals surface area contributed by atoms with E-state index in [1.165, 1.54) is 10.9 Å². The number of nitrogens with zero attached hydrogens (tertiary/aromatic N) is 3. The van der Waals surface area contributed by atoms with Crippen LogP contribution >= 0.6 is 11.8 Å². The first-order valence-electron chi connectivity index (χ1n) is 5.15. The van der Waals surface area contributed by atoms with Gasteiger partial charge in [-0.15, -0.1) is 5.10 Å². The molecule has 1 unspecified atom stereocenters. The van der Waals surface area contributed by atoms with E-state index in [1.807, 2.05) is 11.8 Å². The Balaban J connectivity index is 1.86. The molecule has 92 valence electrons. The van der Waals surface area contributed by atoms with Crippen LogP contribution < -0.4 is 5.32 Å². The molecule has 0 aromatic carbocycles. The van der Waals surface area contributed by atoms with Crippen molar-refractivity contribution < 1.29 is 14.7 Å². The van der Waals surface area contributed by atoms with Gasteiger partial charge in [-0.1, -0.05) is 5.21 Å². The highest BCUT2D eigenvalue weighted by atomic mass is 32.2. The van der Waals surface area contributed by atoms with Crippen molar-refractivity contribution in [1.82, 2.24) is 20.3 Å². The zero-order chi connectivity index (χ0) is 12.3. The lowest BCUT2D eigenvalue weighted by Crippen LogP contribution is -2.37. The SMILES string of the molecule is O=C(Cn1cc(C(=O)O)nn1)NC1CCSC1. The van der Waals surface area contributed by atoms with Crippen LogP contribution in [0.1, 0.15) is 16.9 Å². The van der Waals surface area contributed by atoms with Gasteiger partial charge < -0.3 is 10.4 Å². The Bertz CT molecular complexity index is 428. The molecule has 2 rings (SSSR count). The summed E-state index contributed by atoms with van der Waals surface area (Å²) in [5.41, 5.74) is -0.158. The number of thioether (sulfide) groups is 1. The number of rotatable bonds is 4. The molecule has 1 atom stereocenters. The highest BCUT2D eigenvalue weighted by Crippen LogP contribution is 2.16. The molecule has 1 aromatic rings. The van der Waals surface area contributed by atoms with Crippen LogP contribution in [0.3, 0.4) is 0 Å². The third kappa shape index (κ3) is 3.19. The first-order chi connectivity index (χ1) is 8.15. The quantitative estimate of drug-likeness (QED) is 0.760. The van der Waals surface area contributed by atoms with Crippen molar-refractivity contribution in [3.8, 4) is 0 Å². The standard InChI is InChI=1S/C9H12N4O3S/c14-8(10-6-1-2-17-5-6)4-13-3-7(9(15)16)11-12-13/h3,6H,1-2,4-5H2,(H,10,14)(H,15,16). The zero-order valence-electron chi connectivity index (χ0n) is 9.00. The maximum Gasteiger partial charge on any atom is 0.358 e. The number of carbonyl (C=O) groups is 2. The number of nitrogens with one attached hydrogen (secondary N) is 1. The monoisotopic (exact) mass is 256 g/mol. The molecule has 1 aliphatic heterocycles. The summed E-state index contributed by atoms with van der Waals surface area (Å²) in [5.74, 6) is 0.684. The Hall–Kier alpha value is -1.57. The van der Waals surface area contributed by atoms with Gasteiger partial charge in [-0.05, 0) is 12.2 Å². The number of amides is 1. The van der Waals surface area contributed by atoms with E-state index in [4.69, 9.17) is 5.11 Å². The van der Waals surface area contributed by atoms with Crippen molar-refractivity contribution in [1.29, 1.82) is 0 Å². The topological polar surface area (TPSA) is 97.1 Å². The molecule has 0 spiro atoms. The molecule has 1 fully saturated rings. The average Bonchev–Trinajstić information content (AvgIpc) is 2.88. The summed E-state index contributed by atoms with van der Waals surface area (Å²) < 4.78 is 1.22. The largest absolute Gasteiger partial charge is 0.476 e. The highest BCUT2D eigenvalue weighted by Gasteiger charge is 2.18. The van der Waals surface area contributed by atoms with Crippen molar-refractivity contribution in [2.24, 2.45) is 0 Å². The summed E-state index contributed by atoms with van der Waals surface area (Å²) in [4.78, 5) is 22.2. The van der Waals surface area contributed by atoms with Gasteiger partial charge in [0.25, 0.3) is 0 Å². The lowest BCUT2D eigenvalue weighted by molar-refractivity contribution is -0.122. The number of hydrogen-bond acceptors (Lipinski definition) is 5. The first-order valence-corrected chi connectivity index (χ1v) is 6.31. The van der Waals surface area contributed by atoms with E-state index in [2.05, 4.69) is 15.6 Å². The lowest BCUT2D eigenvalue weighted by atomic mass is 10.2. The van der Waals surface area contributed by atoms with E-state index in [1.54, 1.807) is 0 Å². The molecule has 1 aliphatic rings. The molecule has 1 amide bonds. The van der Waals surface area contributed by atoms with Crippen LogP contribution in [0, 0.1) is 0 Å². The van der Waals surface area contributed by atoms with Crippen LogP contribution in [0.25, 0.3) is 0 Å². The Morgan fingerprint density at radius 2 is 2.47 bits per heavy atom. The summed E-state index contributed by atoms with van der Waals surface area (Å²) >= 11 is 1.81. The number of carboxylic acids is 1. The predicted octanol–water partition coefficient (Wildman–Crippen LogP) is -0.402. The van der Waals surface area contributed by atoms with Gasteiger partial charge in [0.2, 0.25) is 5.91 Å². The molecule has 17 heavy (non-hydrogen) atoms. The molecule has 0 radical (unpaired) electrons. The fraction of sp³-hybridized carbons (Fsp3) is 0.556. The van der Waals surface area contributed by atoms with Gasteiger partial charge >= 0.3 is 5.97 Å². The third-order valence-corrected chi connectivity index (χ3v) is 3.52. The minimum atomic E-state index is -1.15. The second-order valence-corrected chi connectivity index (χ2v) is 4.88. The Kier molecular flexibility index (Phi) is 3.62. The van der Waals surface area contributed by atoms with Crippen LogP contribution in [0.5, 0.6) is 0 Å². The number of carbonyl (C=O) groups excluding carboxylic acids is 1. The molecule has 1 aromatic heterocycles. The van der Waals surface area contributed by atoms with Crippen LogP contribution in [-0.4, -0.2) is 49.5 Å². The minimum absolute atomic E-state index is 0.00144. The molecule has 0 bridgehead atoms. The summed E-state index contributed by atoms with van der Waals surface area (Å²) in [6.07, 6.45) is 2.22. The van der Waals surface area contributed by atoms with Gasteiger partial charge in [-0.3, -0.25) is 4.79 Å². The van der Waals surface area contributed by atoms with Crippen molar-refractivity contribution in [2.75, 3.05) is 11.5 Å². The van der Waals surface area contributed by atoms with Crippen molar-refractivity contribution >= 4 is 23.6 Å². The van der Waals surface area contributed by atoms with E-state index in [9.17, 15) is 9.59 Å². The van der Waals surface area contributed by atoms with Crippen molar-refractivity contribution in [3.05, 3.63) is 11.9 Å². The maximum atomic E-state index is 11.6. The molecule has 0 saturated carbocycles. The maximum absolute atomic E-state index is 11.6. The van der Waals surface area contributed by atoms with E-state index < -0.39 is 5.97 Å². The van der Waals surface area contributed by atoms with Gasteiger partial charge in [0, 0.05) is 11.8 Å². The van der Waals surface area contributed by atoms with Crippen molar-refractivity contribution in [3.63, 3.8) is 0 Å². The molecule has 1 saturated heterocycles. The van der Waals surface area contributed by atoms with Crippen LogP contribution in [0.15, 0.2) is 6.20 Å².